The van der Waals surface area contributed by atoms with E-state index in [1.807, 2.05) is 36.2 Å². The molecule has 6 heteroatoms. The number of carbonyl (C=O) groups excluding carboxylic acids is 2. The smallest absolute Gasteiger partial charge is 0.323 e. The number of amides is 3. The highest BCUT2D eigenvalue weighted by Gasteiger charge is 2.54. The van der Waals surface area contributed by atoms with Crippen LogP contribution in [0.5, 0.6) is 0 Å². The largest absolute Gasteiger partial charge is 0.326 e. The number of hydrogen-bond donors (Lipinski definition) is 1. The topological polar surface area (TPSA) is 52.7 Å². The second kappa shape index (κ2) is 6.73. The molecule has 1 aromatic carbocycles. The molecule has 1 N–H and O–H groups in total. The molecule has 1 saturated carbocycles. The first-order valence-corrected chi connectivity index (χ1v) is 8.87. The Morgan fingerprint density at radius 3 is 2.67 bits per heavy atom. The van der Waals surface area contributed by atoms with E-state index >= 15 is 0 Å². The normalized spacial score (nSPS) is 27.2. The molecule has 2 unspecified atom stereocenters. The highest BCUT2D eigenvalue weighted by Crippen LogP contribution is 2.38. The van der Waals surface area contributed by atoms with Crippen molar-refractivity contribution in [1.29, 1.82) is 0 Å². The zero-order valence-corrected chi connectivity index (χ0v) is 15.0. The lowest BCUT2D eigenvalue weighted by atomic mass is 9.73. The molecule has 1 saturated heterocycles. The average Bonchev–Trinajstić information content (AvgIpc) is 2.78. The first-order chi connectivity index (χ1) is 11.4. The molecule has 0 aromatic heterocycles. The van der Waals surface area contributed by atoms with Crippen molar-refractivity contribution in [3.63, 3.8) is 0 Å². The Kier molecular flexibility index (Phi) is 4.83. The summed E-state index contributed by atoms with van der Waals surface area (Å²) in [5.74, 6) is 0.122. The van der Waals surface area contributed by atoms with Gasteiger partial charge >= 0.3 is 6.03 Å². The van der Waals surface area contributed by atoms with Crippen molar-refractivity contribution < 1.29 is 9.59 Å². The molecule has 1 aliphatic carbocycles. The van der Waals surface area contributed by atoms with Crippen molar-refractivity contribution in [3.05, 3.63) is 34.9 Å². The maximum atomic E-state index is 12.9. The van der Waals surface area contributed by atoms with Crippen LogP contribution < -0.4 is 5.32 Å². The van der Waals surface area contributed by atoms with Crippen LogP contribution in [0.3, 0.4) is 0 Å². The van der Waals surface area contributed by atoms with Crippen LogP contribution in [-0.4, -0.2) is 41.0 Å². The Balaban J connectivity index is 1.67. The van der Waals surface area contributed by atoms with Crippen molar-refractivity contribution >= 4 is 23.5 Å². The summed E-state index contributed by atoms with van der Waals surface area (Å²) in [6.07, 6.45) is 3.85. The van der Waals surface area contributed by atoms with Gasteiger partial charge in [0.05, 0.1) is 6.67 Å². The molecule has 2 fully saturated rings. The Bertz CT molecular complexity index is 634. The fraction of sp³-hybridized carbons (Fsp3) is 0.556. The number of carbonyl (C=O) groups is 2. The average molecular weight is 350 g/mol. The van der Waals surface area contributed by atoms with Crippen LogP contribution in [0.25, 0.3) is 0 Å². The molecular formula is C18H24ClN3O2. The first-order valence-electron chi connectivity index (χ1n) is 8.49. The molecular weight excluding hydrogens is 326 g/mol. The SMILES string of the molecule is CC1CCCCC12NC(=O)N(CN(C)Cc1ccc(Cl)cc1)C2=O. The maximum Gasteiger partial charge on any atom is 0.326 e. The molecule has 1 heterocycles. The number of urea groups is 1. The van der Waals surface area contributed by atoms with E-state index < -0.39 is 5.54 Å². The van der Waals surface area contributed by atoms with E-state index in [4.69, 9.17) is 11.6 Å². The van der Waals surface area contributed by atoms with Crippen LogP contribution in [0, 0.1) is 5.92 Å². The minimum Gasteiger partial charge on any atom is -0.323 e. The van der Waals surface area contributed by atoms with Crippen LogP contribution in [0.1, 0.15) is 38.2 Å². The van der Waals surface area contributed by atoms with Crippen LogP contribution in [0.2, 0.25) is 5.02 Å². The van der Waals surface area contributed by atoms with Crippen LogP contribution >= 0.6 is 11.6 Å². The van der Waals surface area contributed by atoms with Gasteiger partial charge in [0, 0.05) is 11.6 Å². The highest BCUT2D eigenvalue weighted by molar-refractivity contribution is 6.30. The highest BCUT2D eigenvalue weighted by atomic mass is 35.5. The monoisotopic (exact) mass is 349 g/mol. The molecule has 1 spiro atoms. The number of benzene rings is 1. The van der Waals surface area contributed by atoms with Gasteiger partial charge in [-0.25, -0.2) is 9.69 Å². The first kappa shape index (κ1) is 17.2. The Labute approximate surface area is 147 Å². The van der Waals surface area contributed by atoms with Crippen LogP contribution in [0.15, 0.2) is 24.3 Å². The van der Waals surface area contributed by atoms with Crippen LogP contribution in [-0.2, 0) is 11.3 Å². The summed E-state index contributed by atoms with van der Waals surface area (Å²) < 4.78 is 0. The lowest BCUT2D eigenvalue weighted by Crippen LogP contribution is -2.54. The molecule has 2 aliphatic rings. The number of nitrogens with zero attached hydrogens (tertiary/aromatic N) is 2. The summed E-state index contributed by atoms with van der Waals surface area (Å²) in [5.41, 5.74) is 0.408. The van der Waals surface area contributed by atoms with Crippen molar-refractivity contribution in [2.75, 3.05) is 13.7 Å². The quantitative estimate of drug-likeness (QED) is 0.849. The second-order valence-electron chi connectivity index (χ2n) is 7.06. The van der Waals surface area contributed by atoms with Gasteiger partial charge in [0.25, 0.3) is 5.91 Å². The fourth-order valence-electron chi connectivity index (χ4n) is 3.82. The van der Waals surface area contributed by atoms with Crippen LogP contribution in [0.4, 0.5) is 4.79 Å². The summed E-state index contributed by atoms with van der Waals surface area (Å²) in [4.78, 5) is 28.6. The van der Waals surface area contributed by atoms with E-state index in [0.29, 0.717) is 18.2 Å². The van der Waals surface area contributed by atoms with E-state index in [-0.39, 0.29) is 17.9 Å². The number of hydrogen-bond acceptors (Lipinski definition) is 3. The third kappa shape index (κ3) is 3.15. The fourth-order valence-corrected chi connectivity index (χ4v) is 3.94. The number of nitrogens with one attached hydrogen (secondary N) is 1. The minimum absolute atomic E-state index is 0.0670. The molecule has 1 aromatic rings. The summed E-state index contributed by atoms with van der Waals surface area (Å²) in [6, 6.07) is 7.33. The van der Waals surface area contributed by atoms with Gasteiger partial charge in [-0.15, -0.1) is 0 Å². The molecule has 24 heavy (non-hydrogen) atoms. The molecule has 1 aliphatic heterocycles. The molecule has 130 valence electrons. The lowest BCUT2D eigenvalue weighted by molar-refractivity contribution is -0.135. The standard InChI is InChI=1S/C18H24ClN3O2/c1-13-5-3-4-10-18(13)16(23)22(17(24)20-18)12-21(2)11-14-6-8-15(19)9-7-14/h6-9,13H,3-5,10-12H2,1-2H3,(H,20,24). The molecule has 3 amide bonds. The Morgan fingerprint density at radius 2 is 2.00 bits per heavy atom. The third-order valence-corrected chi connectivity index (χ3v) is 5.50. The Hall–Kier alpha value is -1.59. The van der Waals surface area contributed by atoms with Gasteiger partial charge in [0.1, 0.15) is 5.54 Å². The third-order valence-electron chi connectivity index (χ3n) is 5.25. The van der Waals surface area contributed by atoms with Crippen molar-refractivity contribution in [2.24, 2.45) is 5.92 Å². The van der Waals surface area contributed by atoms with Gasteiger partial charge in [0.2, 0.25) is 0 Å². The van der Waals surface area contributed by atoms with E-state index in [1.54, 1.807) is 0 Å². The van der Waals surface area contributed by atoms with Gasteiger partial charge in [-0.1, -0.05) is 43.5 Å². The second-order valence-corrected chi connectivity index (χ2v) is 7.50. The molecule has 2 atom stereocenters. The van der Waals surface area contributed by atoms with Crippen molar-refractivity contribution in [3.8, 4) is 0 Å². The summed E-state index contributed by atoms with van der Waals surface area (Å²) in [6.45, 7) is 3.01. The van der Waals surface area contributed by atoms with E-state index in [1.165, 1.54) is 4.90 Å². The zero-order chi connectivity index (χ0) is 17.3. The number of rotatable bonds is 4. The molecule has 5 nitrogen and oxygen atoms in total. The van der Waals surface area contributed by atoms with Crippen molar-refractivity contribution in [2.45, 2.75) is 44.7 Å². The maximum absolute atomic E-state index is 12.9. The lowest BCUT2D eigenvalue weighted by Gasteiger charge is -2.37. The minimum atomic E-state index is -0.684. The molecule has 0 radical (unpaired) electrons. The van der Waals surface area contributed by atoms with Gasteiger partial charge in [0.15, 0.2) is 0 Å². The van der Waals surface area contributed by atoms with E-state index in [2.05, 4.69) is 12.2 Å². The van der Waals surface area contributed by atoms with Gasteiger partial charge < -0.3 is 5.32 Å². The summed E-state index contributed by atoms with van der Waals surface area (Å²) in [7, 11) is 1.91. The van der Waals surface area contributed by atoms with Gasteiger partial charge in [-0.2, -0.15) is 0 Å². The van der Waals surface area contributed by atoms with Crippen molar-refractivity contribution in [1.82, 2.24) is 15.1 Å². The Morgan fingerprint density at radius 1 is 1.29 bits per heavy atom. The molecule has 0 bridgehead atoms. The summed E-state index contributed by atoms with van der Waals surface area (Å²) >= 11 is 5.90. The zero-order valence-electron chi connectivity index (χ0n) is 14.2. The predicted octanol–water partition coefficient (Wildman–Crippen LogP) is 3.23. The van der Waals surface area contributed by atoms with Gasteiger partial charge in [-0.05, 0) is 43.5 Å². The van der Waals surface area contributed by atoms with E-state index in [9.17, 15) is 9.59 Å². The summed E-state index contributed by atoms with van der Waals surface area (Å²) in [5, 5.41) is 3.69. The predicted molar refractivity (Wildman–Crippen MR) is 93.5 cm³/mol. The van der Waals surface area contributed by atoms with E-state index in [0.717, 1.165) is 31.2 Å². The molecule has 3 rings (SSSR count). The van der Waals surface area contributed by atoms with Gasteiger partial charge in [-0.3, -0.25) is 9.69 Å². The number of halogens is 1. The number of imide groups is 1.